The zero-order valence-corrected chi connectivity index (χ0v) is 11.1. The number of carbonyl (C=O) groups excluding carboxylic acids is 1. The summed E-state index contributed by atoms with van der Waals surface area (Å²) < 4.78 is 32.2. The highest BCUT2D eigenvalue weighted by atomic mass is 19.1. The van der Waals surface area contributed by atoms with Crippen molar-refractivity contribution >= 4 is 11.6 Å². The normalized spacial score (nSPS) is 10.5. The van der Waals surface area contributed by atoms with Gasteiger partial charge in [0.2, 0.25) is 0 Å². The molecule has 7 heteroatoms. The smallest absolute Gasteiger partial charge is 0.313 e. The molecule has 0 radical (unpaired) electrons. The van der Waals surface area contributed by atoms with Crippen LogP contribution in [0.15, 0.2) is 52.9 Å². The summed E-state index contributed by atoms with van der Waals surface area (Å²) in [7, 11) is 0. The van der Waals surface area contributed by atoms with Crippen molar-refractivity contribution in [3.8, 4) is 11.5 Å². The maximum absolute atomic E-state index is 13.6. The maximum Gasteiger partial charge on any atom is 0.313 e. The fourth-order valence-electron chi connectivity index (χ4n) is 1.80. The zero-order chi connectivity index (χ0) is 15.5. The number of hydrogen-bond acceptors (Lipinski definition) is 4. The van der Waals surface area contributed by atoms with Crippen LogP contribution in [-0.4, -0.2) is 16.1 Å². The Morgan fingerprint density at radius 2 is 1.64 bits per heavy atom. The van der Waals surface area contributed by atoms with E-state index in [-0.39, 0.29) is 23.0 Å². The molecule has 1 aromatic heterocycles. The third-order valence-corrected chi connectivity index (χ3v) is 2.85. The molecule has 5 nitrogen and oxygen atoms in total. The Hall–Kier alpha value is -3.09. The second kappa shape index (κ2) is 5.72. The fraction of sp³-hybridized carbons (Fsp3) is 0. The topological polar surface area (TPSA) is 68.0 Å². The number of halogens is 2. The molecule has 0 spiro atoms. The molecule has 1 N–H and O–H groups in total. The van der Waals surface area contributed by atoms with Crippen LogP contribution in [0.4, 0.5) is 14.5 Å². The largest absolute Gasteiger partial charge is 0.412 e. The molecule has 0 aliphatic rings. The fourth-order valence-corrected chi connectivity index (χ4v) is 1.80. The lowest BCUT2D eigenvalue weighted by molar-refractivity contribution is 0.0990. The lowest BCUT2D eigenvalue weighted by atomic mass is 10.2. The first-order chi connectivity index (χ1) is 10.6. The van der Waals surface area contributed by atoms with Gasteiger partial charge in [-0.1, -0.05) is 24.3 Å². The molecule has 22 heavy (non-hydrogen) atoms. The molecule has 3 aromatic rings. The first kappa shape index (κ1) is 13.9. The average Bonchev–Trinajstić information content (AvgIpc) is 3.00. The Kier molecular flexibility index (Phi) is 3.61. The monoisotopic (exact) mass is 301 g/mol. The van der Waals surface area contributed by atoms with Crippen molar-refractivity contribution in [1.82, 2.24) is 10.2 Å². The van der Waals surface area contributed by atoms with Crippen LogP contribution < -0.4 is 5.32 Å². The number of aromatic nitrogens is 2. The summed E-state index contributed by atoms with van der Waals surface area (Å²) in [6, 6.07) is 11.4. The lowest BCUT2D eigenvalue weighted by Gasteiger charge is -2.02. The van der Waals surface area contributed by atoms with Gasteiger partial charge in [0.1, 0.15) is 11.6 Å². The molecular weight excluding hydrogens is 292 g/mol. The molecule has 1 amide bonds. The van der Waals surface area contributed by atoms with E-state index in [2.05, 4.69) is 15.5 Å². The van der Waals surface area contributed by atoms with Gasteiger partial charge in [-0.05, 0) is 24.3 Å². The van der Waals surface area contributed by atoms with Gasteiger partial charge in [0.15, 0.2) is 0 Å². The highest BCUT2D eigenvalue weighted by molar-refractivity contribution is 6.01. The van der Waals surface area contributed by atoms with Crippen molar-refractivity contribution in [2.75, 3.05) is 5.32 Å². The molecule has 110 valence electrons. The highest BCUT2D eigenvalue weighted by Crippen LogP contribution is 2.21. The van der Waals surface area contributed by atoms with E-state index in [0.717, 1.165) is 0 Å². The van der Waals surface area contributed by atoms with Gasteiger partial charge in [-0.2, -0.15) is 0 Å². The van der Waals surface area contributed by atoms with Gasteiger partial charge in [0.05, 0.1) is 11.3 Å². The van der Waals surface area contributed by atoms with E-state index < -0.39 is 17.5 Å². The Morgan fingerprint density at radius 3 is 2.36 bits per heavy atom. The minimum absolute atomic E-state index is 0.0156. The second-order valence-electron chi connectivity index (χ2n) is 4.33. The van der Waals surface area contributed by atoms with E-state index in [4.69, 9.17) is 4.42 Å². The predicted molar refractivity (Wildman–Crippen MR) is 74.0 cm³/mol. The van der Waals surface area contributed by atoms with Gasteiger partial charge in [-0.15, -0.1) is 10.2 Å². The van der Waals surface area contributed by atoms with Crippen molar-refractivity contribution < 1.29 is 18.0 Å². The Bertz CT molecular complexity index is 833. The summed E-state index contributed by atoms with van der Waals surface area (Å²) in [5.41, 5.74) is 0.0677. The van der Waals surface area contributed by atoms with Gasteiger partial charge in [-0.25, -0.2) is 8.78 Å². The molecule has 0 bridgehead atoms. The van der Waals surface area contributed by atoms with Gasteiger partial charge in [-0.3, -0.25) is 4.79 Å². The summed E-state index contributed by atoms with van der Waals surface area (Å²) in [5, 5.41) is 9.46. The molecule has 1 heterocycles. The molecular formula is C15H9F2N3O2. The first-order valence-corrected chi connectivity index (χ1v) is 6.29. The van der Waals surface area contributed by atoms with E-state index in [0.29, 0.717) is 0 Å². The average molecular weight is 301 g/mol. The molecule has 0 aliphatic heterocycles. The van der Waals surface area contributed by atoms with Crippen LogP contribution in [0.1, 0.15) is 10.7 Å². The number of nitrogens with zero attached hydrogens (tertiary/aromatic N) is 2. The summed E-state index contributed by atoms with van der Waals surface area (Å²) in [6.45, 7) is 0. The van der Waals surface area contributed by atoms with E-state index >= 15 is 0 Å². The Labute approximate surface area is 123 Å². The molecule has 2 aromatic carbocycles. The highest BCUT2D eigenvalue weighted by Gasteiger charge is 2.18. The van der Waals surface area contributed by atoms with Crippen LogP contribution in [0.25, 0.3) is 11.5 Å². The van der Waals surface area contributed by atoms with E-state index in [1.807, 2.05) is 0 Å². The number of amides is 1. The van der Waals surface area contributed by atoms with E-state index in [1.54, 1.807) is 12.1 Å². The molecule has 0 atom stereocenters. The van der Waals surface area contributed by atoms with Crippen LogP contribution in [0, 0.1) is 11.6 Å². The molecule has 0 saturated carbocycles. The first-order valence-electron chi connectivity index (χ1n) is 6.29. The lowest BCUT2D eigenvalue weighted by Crippen LogP contribution is -2.13. The van der Waals surface area contributed by atoms with Crippen molar-refractivity contribution in [2.24, 2.45) is 0 Å². The maximum atomic E-state index is 13.6. The Balaban J connectivity index is 1.84. The molecule has 0 fully saturated rings. The van der Waals surface area contributed by atoms with Crippen molar-refractivity contribution in [2.45, 2.75) is 0 Å². The number of para-hydroxylation sites is 1. The van der Waals surface area contributed by atoms with E-state index in [9.17, 15) is 13.6 Å². The third kappa shape index (κ3) is 2.69. The summed E-state index contributed by atoms with van der Waals surface area (Å²) in [4.78, 5) is 11.9. The SMILES string of the molecule is O=C(Nc1ccccc1F)c1nnc(-c2ccccc2F)o1. The molecule has 0 saturated heterocycles. The van der Waals surface area contributed by atoms with Gasteiger partial charge >= 0.3 is 11.8 Å². The number of benzene rings is 2. The standard InChI is InChI=1S/C15H9F2N3O2/c16-10-6-2-1-5-9(10)14-19-20-15(22-14)13(21)18-12-8-4-3-7-11(12)17/h1-8H,(H,18,21). The van der Waals surface area contributed by atoms with Gasteiger partial charge in [0, 0.05) is 0 Å². The number of anilines is 1. The second-order valence-corrected chi connectivity index (χ2v) is 4.33. The summed E-state index contributed by atoms with van der Waals surface area (Å²) >= 11 is 0. The van der Waals surface area contributed by atoms with Crippen LogP contribution >= 0.6 is 0 Å². The molecule has 3 rings (SSSR count). The van der Waals surface area contributed by atoms with Gasteiger partial charge < -0.3 is 9.73 Å². The Morgan fingerprint density at radius 1 is 0.955 bits per heavy atom. The predicted octanol–water partition coefficient (Wildman–Crippen LogP) is 3.27. The molecule has 0 unspecified atom stereocenters. The van der Waals surface area contributed by atoms with Crippen molar-refractivity contribution in [3.05, 3.63) is 66.1 Å². The van der Waals surface area contributed by atoms with Gasteiger partial charge in [0.25, 0.3) is 5.89 Å². The van der Waals surface area contributed by atoms with Crippen LogP contribution in [-0.2, 0) is 0 Å². The minimum Gasteiger partial charge on any atom is -0.412 e. The number of hydrogen-bond donors (Lipinski definition) is 1. The molecule has 0 aliphatic carbocycles. The number of carbonyl (C=O) groups is 1. The quantitative estimate of drug-likeness (QED) is 0.806. The summed E-state index contributed by atoms with van der Waals surface area (Å²) in [6.07, 6.45) is 0. The van der Waals surface area contributed by atoms with Crippen molar-refractivity contribution in [1.29, 1.82) is 0 Å². The zero-order valence-electron chi connectivity index (χ0n) is 11.1. The van der Waals surface area contributed by atoms with Crippen LogP contribution in [0.5, 0.6) is 0 Å². The van der Waals surface area contributed by atoms with Crippen molar-refractivity contribution in [3.63, 3.8) is 0 Å². The number of nitrogens with one attached hydrogen (secondary N) is 1. The van der Waals surface area contributed by atoms with E-state index in [1.165, 1.54) is 36.4 Å². The third-order valence-electron chi connectivity index (χ3n) is 2.85. The van der Waals surface area contributed by atoms with Crippen LogP contribution in [0.2, 0.25) is 0 Å². The number of rotatable bonds is 3. The minimum atomic E-state index is -0.778. The summed E-state index contributed by atoms with van der Waals surface area (Å²) in [5.74, 6) is -2.43. The van der Waals surface area contributed by atoms with Crippen LogP contribution in [0.3, 0.4) is 0 Å².